The number of piperidine rings is 1. The summed E-state index contributed by atoms with van der Waals surface area (Å²) in [7, 11) is 1.83. The van der Waals surface area contributed by atoms with E-state index < -0.39 is 0 Å². The van der Waals surface area contributed by atoms with E-state index in [-0.39, 0.29) is 35.1 Å². The lowest BCUT2D eigenvalue weighted by Crippen LogP contribution is -2.55. The van der Waals surface area contributed by atoms with E-state index in [0.717, 1.165) is 38.5 Å². The Morgan fingerprint density at radius 2 is 1.87 bits per heavy atom. The van der Waals surface area contributed by atoms with Gasteiger partial charge in [-0.1, -0.05) is 6.42 Å². The second-order valence-electron chi connectivity index (χ2n) is 7.54. The Labute approximate surface area is 159 Å². The maximum absolute atomic E-state index is 5.82. The van der Waals surface area contributed by atoms with Crippen LogP contribution in [0, 0.1) is 0 Å². The van der Waals surface area contributed by atoms with Crippen molar-refractivity contribution in [2.24, 2.45) is 4.99 Å². The van der Waals surface area contributed by atoms with Crippen LogP contribution >= 0.6 is 24.0 Å². The molecule has 2 N–H and O–H groups in total. The Kier molecular flexibility index (Phi) is 8.58. The van der Waals surface area contributed by atoms with Gasteiger partial charge >= 0.3 is 0 Å². The van der Waals surface area contributed by atoms with E-state index in [1.807, 2.05) is 7.05 Å². The summed E-state index contributed by atoms with van der Waals surface area (Å²) in [5.74, 6) is 0.877. The number of aliphatic imine (C=N–C) groups is 1. The van der Waals surface area contributed by atoms with Gasteiger partial charge in [-0.3, -0.25) is 9.89 Å². The van der Waals surface area contributed by atoms with Crippen molar-refractivity contribution in [3.8, 4) is 0 Å². The van der Waals surface area contributed by atoms with Crippen molar-refractivity contribution >= 4 is 29.9 Å². The number of nitrogens with zero attached hydrogens (tertiary/aromatic N) is 2. The summed E-state index contributed by atoms with van der Waals surface area (Å²) in [6, 6.07) is 0. The summed E-state index contributed by atoms with van der Waals surface area (Å²) in [5.41, 5.74) is 0.117. The van der Waals surface area contributed by atoms with E-state index in [1.165, 1.54) is 32.4 Å². The largest absolute Gasteiger partial charge is 0.373 e. The van der Waals surface area contributed by atoms with Crippen LogP contribution in [0.15, 0.2) is 4.99 Å². The molecule has 2 heterocycles. The van der Waals surface area contributed by atoms with Crippen molar-refractivity contribution in [3.63, 3.8) is 0 Å². The molecule has 1 unspecified atom stereocenters. The number of rotatable bonds is 5. The predicted octanol–water partition coefficient (Wildman–Crippen LogP) is 2.60. The molecule has 2 saturated heterocycles. The third-order valence-electron chi connectivity index (χ3n) is 5.05. The van der Waals surface area contributed by atoms with Crippen LogP contribution in [0.5, 0.6) is 0 Å². The van der Waals surface area contributed by atoms with Gasteiger partial charge in [0.15, 0.2) is 5.96 Å². The Morgan fingerprint density at radius 3 is 2.43 bits per heavy atom. The fourth-order valence-corrected chi connectivity index (χ4v) is 3.38. The first-order chi connectivity index (χ1) is 10.5. The molecule has 5 nitrogen and oxygen atoms in total. The first-order valence-corrected chi connectivity index (χ1v) is 8.79. The Morgan fingerprint density at radius 1 is 1.17 bits per heavy atom. The second kappa shape index (κ2) is 9.42. The first-order valence-electron chi connectivity index (χ1n) is 8.79. The molecule has 0 aliphatic carbocycles. The minimum Gasteiger partial charge on any atom is -0.373 e. The van der Waals surface area contributed by atoms with Crippen LogP contribution in [0.2, 0.25) is 0 Å². The van der Waals surface area contributed by atoms with Gasteiger partial charge in [0.25, 0.3) is 0 Å². The fraction of sp³-hybridized carbons (Fsp3) is 0.941. The molecule has 0 amide bonds. The average molecular weight is 438 g/mol. The number of nitrogens with one attached hydrogen (secondary N) is 2. The Balaban J connectivity index is 0.00000264. The van der Waals surface area contributed by atoms with Crippen molar-refractivity contribution < 1.29 is 4.74 Å². The van der Waals surface area contributed by atoms with Gasteiger partial charge in [0.1, 0.15) is 0 Å². The molecule has 0 spiro atoms. The molecule has 23 heavy (non-hydrogen) atoms. The molecule has 0 saturated carbocycles. The van der Waals surface area contributed by atoms with Crippen molar-refractivity contribution in [3.05, 3.63) is 0 Å². The third kappa shape index (κ3) is 6.38. The summed E-state index contributed by atoms with van der Waals surface area (Å²) in [6.07, 6.45) is 6.31. The maximum Gasteiger partial charge on any atom is 0.191 e. The Hall–Kier alpha value is -0.0800. The van der Waals surface area contributed by atoms with E-state index in [0.29, 0.717) is 0 Å². The zero-order valence-corrected chi connectivity index (χ0v) is 17.6. The molecule has 0 aromatic heterocycles. The number of halogens is 1. The quantitative estimate of drug-likeness (QED) is 0.394. The van der Waals surface area contributed by atoms with Crippen molar-refractivity contribution in [1.82, 2.24) is 15.5 Å². The van der Waals surface area contributed by atoms with Gasteiger partial charge in [-0.25, -0.2) is 0 Å². The minimum atomic E-state index is -0.0417. The summed E-state index contributed by atoms with van der Waals surface area (Å²) in [4.78, 5) is 6.94. The van der Waals surface area contributed by atoms with Crippen LogP contribution in [0.3, 0.4) is 0 Å². The zero-order valence-electron chi connectivity index (χ0n) is 15.3. The molecule has 1 atom stereocenters. The lowest BCUT2D eigenvalue weighted by Gasteiger charge is -2.41. The molecular weight excluding hydrogens is 403 g/mol. The molecule has 0 bridgehead atoms. The van der Waals surface area contributed by atoms with Crippen molar-refractivity contribution in [1.29, 1.82) is 0 Å². The smallest absolute Gasteiger partial charge is 0.191 e. The molecule has 0 aromatic rings. The van der Waals surface area contributed by atoms with E-state index in [1.54, 1.807) is 0 Å². The SMILES string of the molecule is CN=C(NCC1(C)CCCO1)NCC(C)(C)N1CCCCC1.I. The van der Waals surface area contributed by atoms with Crippen LogP contribution in [0.25, 0.3) is 0 Å². The highest BCUT2D eigenvalue weighted by Gasteiger charge is 2.31. The van der Waals surface area contributed by atoms with Crippen molar-refractivity contribution in [2.45, 2.75) is 64.0 Å². The molecular formula is C17H35IN4O. The highest BCUT2D eigenvalue weighted by atomic mass is 127. The van der Waals surface area contributed by atoms with Crippen LogP contribution in [-0.2, 0) is 4.74 Å². The van der Waals surface area contributed by atoms with E-state index in [9.17, 15) is 0 Å². The van der Waals surface area contributed by atoms with E-state index in [2.05, 4.69) is 41.3 Å². The van der Waals surface area contributed by atoms with E-state index >= 15 is 0 Å². The predicted molar refractivity (Wildman–Crippen MR) is 108 cm³/mol. The number of guanidine groups is 1. The van der Waals surface area contributed by atoms with Gasteiger partial charge in [0, 0.05) is 32.3 Å². The number of hydrogen-bond acceptors (Lipinski definition) is 3. The monoisotopic (exact) mass is 438 g/mol. The summed E-state index contributed by atoms with van der Waals surface area (Å²) < 4.78 is 5.82. The average Bonchev–Trinajstić information content (AvgIpc) is 2.95. The summed E-state index contributed by atoms with van der Waals surface area (Å²) in [5, 5.41) is 6.91. The fourth-order valence-electron chi connectivity index (χ4n) is 3.38. The molecule has 0 radical (unpaired) electrons. The van der Waals surface area contributed by atoms with Crippen LogP contribution < -0.4 is 10.6 Å². The number of hydrogen-bond donors (Lipinski definition) is 2. The zero-order chi connectivity index (χ0) is 16.1. The number of ether oxygens (including phenoxy) is 1. The van der Waals surface area contributed by atoms with Crippen LogP contribution in [0.4, 0.5) is 0 Å². The summed E-state index contributed by atoms with van der Waals surface area (Å²) in [6.45, 7) is 11.9. The van der Waals surface area contributed by atoms with Gasteiger partial charge in [0.05, 0.1) is 5.60 Å². The maximum atomic E-state index is 5.82. The van der Waals surface area contributed by atoms with Gasteiger partial charge in [0.2, 0.25) is 0 Å². The van der Waals surface area contributed by atoms with E-state index in [4.69, 9.17) is 4.74 Å². The molecule has 6 heteroatoms. The van der Waals surface area contributed by atoms with Crippen LogP contribution in [0.1, 0.15) is 52.9 Å². The molecule has 2 aliphatic rings. The molecule has 2 aliphatic heterocycles. The number of likely N-dealkylation sites (tertiary alicyclic amines) is 1. The third-order valence-corrected chi connectivity index (χ3v) is 5.05. The lowest BCUT2D eigenvalue weighted by atomic mass is 9.98. The Bertz CT molecular complexity index is 375. The molecule has 0 aromatic carbocycles. The molecule has 2 rings (SSSR count). The topological polar surface area (TPSA) is 48.9 Å². The van der Waals surface area contributed by atoms with Gasteiger partial charge in [-0.2, -0.15) is 0 Å². The minimum absolute atomic E-state index is 0. The van der Waals surface area contributed by atoms with Crippen molar-refractivity contribution in [2.75, 3.05) is 39.8 Å². The standard InChI is InChI=1S/C17H34N4O.HI/c1-16(2,21-10-6-5-7-11-21)13-19-15(18-4)20-14-17(3)9-8-12-22-17;/h5-14H2,1-4H3,(H2,18,19,20);1H. The highest BCUT2D eigenvalue weighted by molar-refractivity contribution is 14.0. The lowest BCUT2D eigenvalue weighted by molar-refractivity contribution is 0.0242. The van der Waals surface area contributed by atoms with Gasteiger partial charge in [-0.15, -0.1) is 24.0 Å². The summed E-state index contributed by atoms with van der Waals surface area (Å²) >= 11 is 0. The highest BCUT2D eigenvalue weighted by Crippen LogP contribution is 2.24. The second-order valence-corrected chi connectivity index (χ2v) is 7.54. The molecule has 2 fully saturated rings. The normalized spacial score (nSPS) is 26.7. The van der Waals surface area contributed by atoms with Gasteiger partial charge < -0.3 is 15.4 Å². The first kappa shape index (κ1) is 21.0. The van der Waals surface area contributed by atoms with Gasteiger partial charge in [-0.05, 0) is 59.5 Å². The molecule has 136 valence electrons. The van der Waals surface area contributed by atoms with Crippen LogP contribution in [-0.4, -0.2) is 61.8 Å².